The van der Waals surface area contributed by atoms with Gasteiger partial charge >= 0.3 is 0 Å². The van der Waals surface area contributed by atoms with Crippen LogP contribution in [0.3, 0.4) is 0 Å². The highest BCUT2D eigenvalue weighted by Gasteiger charge is 2.34. The molecule has 1 aromatic heterocycles. The first-order valence-electron chi connectivity index (χ1n) is 6.35. The van der Waals surface area contributed by atoms with Crippen LogP contribution in [0.25, 0.3) is 0 Å². The van der Waals surface area contributed by atoms with Crippen LogP contribution in [0.1, 0.15) is 44.5 Å². The van der Waals surface area contributed by atoms with Crippen molar-refractivity contribution in [1.29, 1.82) is 0 Å². The predicted molar refractivity (Wildman–Crippen MR) is 66.5 cm³/mol. The molecule has 0 aliphatic carbocycles. The molecule has 1 saturated heterocycles. The summed E-state index contributed by atoms with van der Waals surface area (Å²) in [5.74, 6) is 0.795. The van der Waals surface area contributed by atoms with Crippen molar-refractivity contribution in [2.45, 2.75) is 51.2 Å². The Kier molecular flexibility index (Phi) is 3.74. The summed E-state index contributed by atoms with van der Waals surface area (Å²) in [4.78, 5) is 8.86. The van der Waals surface area contributed by atoms with Gasteiger partial charge in [-0.05, 0) is 38.2 Å². The van der Waals surface area contributed by atoms with Gasteiger partial charge in [0.1, 0.15) is 5.60 Å². The summed E-state index contributed by atoms with van der Waals surface area (Å²) in [6, 6.07) is 0.197. The Morgan fingerprint density at radius 2 is 2.18 bits per heavy atom. The first-order valence-corrected chi connectivity index (χ1v) is 6.35. The van der Waals surface area contributed by atoms with Gasteiger partial charge in [0.05, 0.1) is 0 Å². The molecular weight excluding hydrogens is 214 g/mol. The zero-order valence-corrected chi connectivity index (χ0v) is 10.6. The highest BCUT2D eigenvalue weighted by Crippen LogP contribution is 2.32. The molecule has 0 saturated carbocycles. The third-order valence-corrected chi connectivity index (χ3v) is 3.42. The summed E-state index contributed by atoms with van der Waals surface area (Å²) in [6.07, 6.45) is 7.66. The molecule has 2 N–H and O–H groups in total. The third kappa shape index (κ3) is 2.82. The van der Waals surface area contributed by atoms with Gasteiger partial charge in [0.2, 0.25) is 0 Å². The SMILES string of the molecule is CCC(N)Cc1cnc(C2(C)CCCO2)nc1. The Bertz CT molecular complexity index is 357. The van der Waals surface area contributed by atoms with Crippen LogP contribution in [0.5, 0.6) is 0 Å². The van der Waals surface area contributed by atoms with Gasteiger partial charge in [0.15, 0.2) is 5.82 Å². The van der Waals surface area contributed by atoms with E-state index in [1.165, 1.54) is 0 Å². The molecule has 17 heavy (non-hydrogen) atoms. The molecule has 0 amide bonds. The Labute approximate surface area is 103 Å². The van der Waals surface area contributed by atoms with Crippen molar-refractivity contribution in [3.63, 3.8) is 0 Å². The molecule has 0 radical (unpaired) electrons. The molecule has 2 rings (SSSR count). The summed E-state index contributed by atoms with van der Waals surface area (Å²) in [7, 11) is 0. The summed E-state index contributed by atoms with van der Waals surface area (Å²) in [5, 5.41) is 0. The Morgan fingerprint density at radius 1 is 1.47 bits per heavy atom. The fraction of sp³-hybridized carbons (Fsp3) is 0.692. The molecule has 0 bridgehead atoms. The van der Waals surface area contributed by atoms with Crippen LogP contribution in [0, 0.1) is 0 Å². The van der Waals surface area contributed by atoms with E-state index in [1.807, 2.05) is 12.4 Å². The summed E-state index contributed by atoms with van der Waals surface area (Å²) >= 11 is 0. The van der Waals surface area contributed by atoms with Gasteiger partial charge in [0.25, 0.3) is 0 Å². The van der Waals surface area contributed by atoms with E-state index in [-0.39, 0.29) is 11.6 Å². The molecule has 1 fully saturated rings. The molecule has 1 aromatic rings. The zero-order chi connectivity index (χ0) is 12.3. The van der Waals surface area contributed by atoms with Crippen molar-refractivity contribution >= 4 is 0 Å². The number of hydrogen-bond acceptors (Lipinski definition) is 4. The van der Waals surface area contributed by atoms with E-state index in [0.29, 0.717) is 0 Å². The van der Waals surface area contributed by atoms with Gasteiger partial charge < -0.3 is 10.5 Å². The number of hydrogen-bond donors (Lipinski definition) is 1. The number of rotatable bonds is 4. The van der Waals surface area contributed by atoms with Crippen LogP contribution in [0.2, 0.25) is 0 Å². The average Bonchev–Trinajstić information content (AvgIpc) is 2.78. The molecule has 0 aromatic carbocycles. The first-order chi connectivity index (χ1) is 8.14. The van der Waals surface area contributed by atoms with E-state index in [2.05, 4.69) is 23.8 Å². The number of aromatic nitrogens is 2. The van der Waals surface area contributed by atoms with Gasteiger partial charge in [-0.2, -0.15) is 0 Å². The van der Waals surface area contributed by atoms with Crippen molar-refractivity contribution in [2.24, 2.45) is 5.73 Å². The summed E-state index contributed by atoms with van der Waals surface area (Å²) in [6.45, 7) is 4.96. The molecule has 94 valence electrons. The summed E-state index contributed by atoms with van der Waals surface area (Å²) < 4.78 is 5.72. The lowest BCUT2D eigenvalue weighted by atomic mass is 10.0. The predicted octanol–water partition coefficient (Wildman–Crippen LogP) is 1.78. The van der Waals surface area contributed by atoms with Gasteiger partial charge in [-0.3, -0.25) is 0 Å². The molecule has 2 heterocycles. The van der Waals surface area contributed by atoms with Crippen LogP contribution < -0.4 is 5.73 Å². The maximum Gasteiger partial charge on any atom is 0.159 e. The molecule has 2 unspecified atom stereocenters. The highest BCUT2D eigenvalue weighted by atomic mass is 16.5. The topological polar surface area (TPSA) is 61.0 Å². The second-order valence-corrected chi connectivity index (χ2v) is 4.97. The lowest BCUT2D eigenvalue weighted by Crippen LogP contribution is -2.24. The number of nitrogens with zero attached hydrogens (tertiary/aromatic N) is 2. The van der Waals surface area contributed by atoms with Crippen molar-refractivity contribution in [2.75, 3.05) is 6.61 Å². The molecule has 2 atom stereocenters. The molecule has 4 nitrogen and oxygen atoms in total. The third-order valence-electron chi connectivity index (χ3n) is 3.42. The second-order valence-electron chi connectivity index (χ2n) is 4.97. The average molecular weight is 235 g/mol. The minimum Gasteiger partial charge on any atom is -0.367 e. The van der Waals surface area contributed by atoms with Gasteiger partial charge in [-0.1, -0.05) is 6.92 Å². The Hall–Kier alpha value is -1.00. The monoisotopic (exact) mass is 235 g/mol. The first kappa shape index (κ1) is 12.5. The Balaban J connectivity index is 2.07. The van der Waals surface area contributed by atoms with Crippen LogP contribution in [0.15, 0.2) is 12.4 Å². The lowest BCUT2D eigenvalue weighted by Gasteiger charge is -2.21. The number of nitrogens with two attached hydrogens (primary N) is 1. The minimum atomic E-state index is -0.286. The van der Waals surface area contributed by atoms with Crippen LogP contribution in [0.4, 0.5) is 0 Å². The second kappa shape index (κ2) is 5.10. The minimum absolute atomic E-state index is 0.197. The van der Waals surface area contributed by atoms with Crippen molar-refractivity contribution in [3.8, 4) is 0 Å². The van der Waals surface area contributed by atoms with Crippen molar-refractivity contribution < 1.29 is 4.74 Å². The van der Waals surface area contributed by atoms with E-state index in [9.17, 15) is 0 Å². The van der Waals surface area contributed by atoms with Gasteiger partial charge in [0, 0.05) is 25.0 Å². The fourth-order valence-corrected chi connectivity index (χ4v) is 2.14. The van der Waals surface area contributed by atoms with Crippen molar-refractivity contribution in [1.82, 2.24) is 9.97 Å². The quantitative estimate of drug-likeness (QED) is 0.864. The van der Waals surface area contributed by atoms with E-state index < -0.39 is 0 Å². The standard InChI is InChI=1S/C13H21N3O/c1-3-11(14)7-10-8-15-12(16-9-10)13(2)5-4-6-17-13/h8-9,11H,3-7,14H2,1-2H3. The smallest absolute Gasteiger partial charge is 0.159 e. The molecule has 1 aliphatic heterocycles. The Morgan fingerprint density at radius 3 is 2.71 bits per heavy atom. The zero-order valence-electron chi connectivity index (χ0n) is 10.6. The fourth-order valence-electron chi connectivity index (χ4n) is 2.14. The lowest BCUT2D eigenvalue weighted by molar-refractivity contribution is 0.00927. The van der Waals surface area contributed by atoms with Crippen molar-refractivity contribution in [3.05, 3.63) is 23.8 Å². The largest absolute Gasteiger partial charge is 0.367 e. The van der Waals surface area contributed by atoms with E-state index in [4.69, 9.17) is 10.5 Å². The normalized spacial score (nSPS) is 26.1. The van der Waals surface area contributed by atoms with E-state index in [1.54, 1.807) is 0 Å². The highest BCUT2D eigenvalue weighted by molar-refractivity contribution is 5.11. The number of ether oxygens (including phenoxy) is 1. The summed E-state index contributed by atoms with van der Waals surface area (Å²) in [5.41, 5.74) is 6.73. The van der Waals surface area contributed by atoms with E-state index >= 15 is 0 Å². The van der Waals surface area contributed by atoms with E-state index in [0.717, 1.165) is 43.7 Å². The van der Waals surface area contributed by atoms with Crippen LogP contribution >= 0.6 is 0 Å². The maximum absolute atomic E-state index is 5.91. The maximum atomic E-state index is 5.91. The molecule has 0 spiro atoms. The molecule has 4 heteroatoms. The molecular formula is C13H21N3O. The van der Waals surface area contributed by atoms with Crippen LogP contribution in [-0.2, 0) is 16.8 Å². The molecule has 1 aliphatic rings. The van der Waals surface area contributed by atoms with Crippen LogP contribution in [-0.4, -0.2) is 22.6 Å². The van der Waals surface area contributed by atoms with Gasteiger partial charge in [-0.15, -0.1) is 0 Å². The van der Waals surface area contributed by atoms with Gasteiger partial charge in [-0.25, -0.2) is 9.97 Å².